The van der Waals surface area contributed by atoms with Crippen molar-refractivity contribution in [3.63, 3.8) is 0 Å². The van der Waals surface area contributed by atoms with Crippen molar-refractivity contribution in [1.82, 2.24) is 5.32 Å². The fraction of sp³-hybridized carbons (Fsp3) is 0.977. The van der Waals surface area contributed by atoms with Crippen molar-refractivity contribution in [2.45, 2.75) is 264 Å². The zero-order valence-electron chi connectivity index (χ0n) is 34.0. The van der Waals surface area contributed by atoms with Crippen LogP contribution in [-0.2, 0) is 13.9 Å². The summed E-state index contributed by atoms with van der Waals surface area (Å²) < 4.78 is 15.9. The number of unbranched alkanes of at least 4 members (excludes halogenated alkanes) is 33. The number of hydrogen-bond acceptors (Lipinski definition) is 4. The number of hydrogen-bond donors (Lipinski definition) is 4. The molecule has 0 aromatic carbocycles. The Morgan fingerprint density at radius 2 is 0.765 bits per heavy atom. The molecular weight excluding hydrogens is 657 g/mol. The molecule has 0 saturated carbocycles. The first-order valence-corrected chi connectivity index (χ1v) is 24.0. The van der Waals surface area contributed by atoms with Gasteiger partial charge in [0.25, 0.3) is 0 Å². The minimum Gasteiger partial charge on any atom is -0.391 e. The molecule has 0 aliphatic heterocycles. The lowest BCUT2D eigenvalue weighted by molar-refractivity contribution is -0.123. The van der Waals surface area contributed by atoms with E-state index in [-0.39, 0.29) is 5.91 Å². The van der Waals surface area contributed by atoms with Gasteiger partial charge in [0.05, 0.1) is 18.8 Å². The molecule has 0 bridgehead atoms. The maximum absolute atomic E-state index is 12.6. The van der Waals surface area contributed by atoms with Gasteiger partial charge in [-0.2, -0.15) is 0 Å². The normalized spacial score (nSPS) is 13.1. The number of carbonyl (C=O) groups excluding carboxylic acids is 1. The summed E-state index contributed by atoms with van der Waals surface area (Å²) in [5.41, 5.74) is 0. The molecule has 0 heterocycles. The van der Waals surface area contributed by atoms with Crippen LogP contribution in [0.2, 0.25) is 0 Å². The number of aliphatic hydroxyl groups excluding tert-OH is 1. The van der Waals surface area contributed by atoms with Crippen LogP contribution in [0, 0.1) is 0 Å². The molecule has 0 unspecified atom stereocenters. The Morgan fingerprint density at radius 3 is 1.06 bits per heavy atom. The average molecular weight is 746 g/mol. The molecule has 306 valence electrons. The summed E-state index contributed by atoms with van der Waals surface area (Å²) in [7, 11) is -4.68. The molecule has 1 amide bonds. The monoisotopic (exact) mass is 746 g/mol. The number of rotatable bonds is 42. The van der Waals surface area contributed by atoms with Crippen molar-refractivity contribution >= 4 is 13.7 Å². The minimum atomic E-state index is -4.68. The maximum atomic E-state index is 12.6. The van der Waals surface area contributed by atoms with Gasteiger partial charge < -0.3 is 20.2 Å². The quantitative estimate of drug-likeness (QED) is 0.0365. The molecule has 0 spiro atoms. The largest absolute Gasteiger partial charge is 0.469 e. The molecular formula is C43H88NO6P. The lowest BCUT2D eigenvalue weighted by atomic mass is 10.0. The lowest BCUT2D eigenvalue weighted by Crippen LogP contribution is -2.46. The number of carbonyl (C=O) groups is 1. The summed E-state index contributed by atoms with van der Waals surface area (Å²) in [5, 5.41) is 13.5. The third-order valence-electron chi connectivity index (χ3n) is 10.6. The summed E-state index contributed by atoms with van der Waals surface area (Å²) in [6.45, 7) is 4.11. The van der Waals surface area contributed by atoms with Crippen LogP contribution in [0.1, 0.15) is 251 Å². The third-order valence-corrected chi connectivity index (χ3v) is 11.1. The maximum Gasteiger partial charge on any atom is 0.469 e. The highest BCUT2D eigenvalue weighted by Gasteiger charge is 2.25. The van der Waals surface area contributed by atoms with E-state index in [1.807, 2.05) is 0 Å². The van der Waals surface area contributed by atoms with Crippen molar-refractivity contribution in [3.05, 3.63) is 0 Å². The first-order valence-electron chi connectivity index (χ1n) is 22.5. The van der Waals surface area contributed by atoms with Gasteiger partial charge in [0.15, 0.2) is 0 Å². The fourth-order valence-electron chi connectivity index (χ4n) is 7.17. The predicted molar refractivity (Wildman–Crippen MR) is 218 cm³/mol. The Kier molecular flexibility index (Phi) is 38.9. The van der Waals surface area contributed by atoms with Gasteiger partial charge >= 0.3 is 7.82 Å². The van der Waals surface area contributed by atoms with Gasteiger partial charge in [-0.05, 0) is 12.8 Å². The molecule has 2 atom stereocenters. The topological polar surface area (TPSA) is 116 Å². The summed E-state index contributed by atoms with van der Waals surface area (Å²) >= 11 is 0. The van der Waals surface area contributed by atoms with Gasteiger partial charge in [0.1, 0.15) is 0 Å². The standard InChI is InChI=1S/C43H88NO6P/c1-3-5-7-9-11-13-14-15-16-17-18-19-20-21-22-23-24-25-26-27-28-29-31-33-35-37-39-43(46)44-41(40-50-51(47,48)49)42(45)38-36-34-32-30-12-10-8-6-4-2/h41-42,45H,3-40H2,1-2H3,(H,44,46)(H2,47,48,49)/t41-,42+/m0/s1. The predicted octanol–water partition coefficient (Wildman–Crippen LogP) is 13.4. The highest BCUT2D eigenvalue weighted by atomic mass is 31.2. The minimum absolute atomic E-state index is 0.190. The molecule has 0 rings (SSSR count). The second kappa shape index (κ2) is 39.2. The van der Waals surface area contributed by atoms with Gasteiger partial charge in [0, 0.05) is 6.42 Å². The number of aliphatic hydroxyl groups is 1. The van der Waals surface area contributed by atoms with Crippen molar-refractivity contribution < 1.29 is 28.8 Å². The Bertz CT molecular complexity index is 763. The van der Waals surface area contributed by atoms with Crippen LogP contribution in [0.4, 0.5) is 0 Å². The van der Waals surface area contributed by atoms with Crippen LogP contribution in [0.3, 0.4) is 0 Å². The van der Waals surface area contributed by atoms with Crippen molar-refractivity contribution in [2.24, 2.45) is 0 Å². The molecule has 0 saturated heterocycles. The summed E-state index contributed by atoms with van der Waals surface area (Å²) in [4.78, 5) is 30.8. The van der Waals surface area contributed by atoms with Crippen molar-refractivity contribution in [1.29, 1.82) is 0 Å². The van der Waals surface area contributed by atoms with E-state index in [2.05, 4.69) is 23.7 Å². The van der Waals surface area contributed by atoms with Crippen LogP contribution in [0.15, 0.2) is 0 Å². The summed E-state index contributed by atoms with van der Waals surface area (Å²) in [6, 6.07) is -0.816. The van der Waals surface area contributed by atoms with E-state index >= 15 is 0 Å². The second-order valence-electron chi connectivity index (χ2n) is 15.7. The zero-order chi connectivity index (χ0) is 37.5. The molecule has 0 aromatic rings. The SMILES string of the molecule is CCCCCCCCCCCCCCCCCCCCCCCCCCCCC(=O)N[C@@H](COP(=O)(O)O)[C@H](O)CCCCCCCCCCC. The van der Waals surface area contributed by atoms with Gasteiger partial charge in [0.2, 0.25) is 5.91 Å². The van der Waals surface area contributed by atoms with Crippen LogP contribution < -0.4 is 5.32 Å². The molecule has 0 aliphatic rings. The van der Waals surface area contributed by atoms with E-state index in [1.165, 1.54) is 186 Å². The third kappa shape index (κ3) is 40.6. The summed E-state index contributed by atoms with van der Waals surface area (Å²) in [5.74, 6) is -0.190. The van der Waals surface area contributed by atoms with Crippen LogP contribution in [-0.4, -0.2) is 39.6 Å². The number of phosphoric ester groups is 1. The first-order chi connectivity index (χ1) is 24.8. The van der Waals surface area contributed by atoms with Crippen LogP contribution in [0.5, 0.6) is 0 Å². The smallest absolute Gasteiger partial charge is 0.391 e. The molecule has 0 radical (unpaired) electrons. The first kappa shape index (κ1) is 50.5. The van der Waals surface area contributed by atoms with E-state index in [0.717, 1.165) is 38.5 Å². The molecule has 51 heavy (non-hydrogen) atoms. The number of nitrogens with one attached hydrogen (secondary N) is 1. The Morgan fingerprint density at radius 1 is 0.490 bits per heavy atom. The Hall–Kier alpha value is -0.460. The second-order valence-corrected chi connectivity index (χ2v) is 17.0. The van der Waals surface area contributed by atoms with Crippen molar-refractivity contribution in [2.75, 3.05) is 6.61 Å². The van der Waals surface area contributed by atoms with Gasteiger partial charge in [-0.1, -0.05) is 232 Å². The molecule has 0 aromatic heterocycles. The highest BCUT2D eigenvalue weighted by Crippen LogP contribution is 2.36. The molecule has 4 N–H and O–H groups in total. The van der Waals surface area contributed by atoms with E-state index in [1.54, 1.807) is 0 Å². The number of amides is 1. The van der Waals surface area contributed by atoms with Crippen molar-refractivity contribution in [3.8, 4) is 0 Å². The van der Waals surface area contributed by atoms with Crippen LogP contribution in [0.25, 0.3) is 0 Å². The van der Waals surface area contributed by atoms with Gasteiger partial charge in [-0.15, -0.1) is 0 Å². The van der Waals surface area contributed by atoms with E-state index in [0.29, 0.717) is 12.8 Å². The van der Waals surface area contributed by atoms with E-state index < -0.39 is 26.6 Å². The molecule has 8 heteroatoms. The fourth-order valence-corrected chi connectivity index (χ4v) is 7.53. The Labute approximate surface area is 317 Å². The van der Waals surface area contributed by atoms with E-state index in [9.17, 15) is 14.5 Å². The van der Waals surface area contributed by atoms with Gasteiger partial charge in [-0.3, -0.25) is 9.32 Å². The van der Waals surface area contributed by atoms with Crippen LogP contribution >= 0.6 is 7.82 Å². The molecule has 7 nitrogen and oxygen atoms in total. The number of phosphoric acid groups is 1. The van der Waals surface area contributed by atoms with Gasteiger partial charge in [-0.25, -0.2) is 4.57 Å². The Balaban J connectivity index is 3.67. The highest BCUT2D eigenvalue weighted by molar-refractivity contribution is 7.46. The molecule has 0 fully saturated rings. The summed E-state index contributed by atoms with van der Waals surface area (Å²) in [6.07, 6.45) is 45.5. The average Bonchev–Trinajstić information content (AvgIpc) is 3.10. The molecule has 0 aliphatic carbocycles. The zero-order valence-corrected chi connectivity index (χ0v) is 34.9. The van der Waals surface area contributed by atoms with E-state index in [4.69, 9.17) is 9.79 Å². The lowest BCUT2D eigenvalue weighted by Gasteiger charge is -2.24.